The van der Waals surface area contributed by atoms with Gasteiger partial charge in [0.15, 0.2) is 5.56 Å². The number of ether oxygens (including phenoxy) is 1. The third kappa shape index (κ3) is 3.69. The SMILES string of the molecule is CCNC(=O)N1CCC[C@@H]1COc1cccc([N+](=O)[O-])c1C#N. The van der Waals surface area contributed by atoms with Gasteiger partial charge in [0.05, 0.1) is 11.0 Å². The second-order valence-electron chi connectivity index (χ2n) is 5.16. The number of rotatable bonds is 5. The molecule has 0 aromatic heterocycles. The predicted molar refractivity (Wildman–Crippen MR) is 82.1 cm³/mol. The number of hydrogen-bond acceptors (Lipinski definition) is 5. The molecule has 0 aliphatic carbocycles. The molecule has 1 atom stereocenters. The fraction of sp³-hybridized carbons (Fsp3) is 0.467. The molecule has 8 heteroatoms. The van der Waals surface area contributed by atoms with Crippen LogP contribution >= 0.6 is 0 Å². The molecule has 2 rings (SSSR count). The summed E-state index contributed by atoms with van der Waals surface area (Å²) in [5, 5.41) is 22.8. The van der Waals surface area contributed by atoms with Crippen LogP contribution < -0.4 is 10.1 Å². The van der Waals surface area contributed by atoms with Gasteiger partial charge in [0, 0.05) is 19.2 Å². The molecule has 1 N–H and O–H groups in total. The smallest absolute Gasteiger partial charge is 0.317 e. The fourth-order valence-electron chi connectivity index (χ4n) is 2.62. The molecule has 1 saturated heterocycles. The van der Waals surface area contributed by atoms with Crippen LogP contribution in [0.15, 0.2) is 18.2 Å². The number of urea groups is 1. The summed E-state index contributed by atoms with van der Waals surface area (Å²) >= 11 is 0. The van der Waals surface area contributed by atoms with Gasteiger partial charge in [-0.25, -0.2) is 4.79 Å². The number of nitro groups is 1. The van der Waals surface area contributed by atoms with Crippen LogP contribution in [-0.4, -0.2) is 41.6 Å². The van der Waals surface area contributed by atoms with Crippen molar-refractivity contribution in [2.24, 2.45) is 0 Å². The van der Waals surface area contributed by atoms with Crippen molar-refractivity contribution in [2.45, 2.75) is 25.8 Å². The van der Waals surface area contributed by atoms with Gasteiger partial charge in [-0.05, 0) is 25.8 Å². The highest BCUT2D eigenvalue weighted by molar-refractivity contribution is 5.74. The molecule has 0 radical (unpaired) electrons. The van der Waals surface area contributed by atoms with Crippen LogP contribution in [0.3, 0.4) is 0 Å². The van der Waals surface area contributed by atoms with Crippen LogP contribution in [-0.2, 0) is 0 Å². The van der Waals surface area contributed by atoms with Crippen LogP contribution in [0.5, 0.6) is 5.75 Å². The van der Waals surface area contributed by atoms with Gasteiger partial charge in [0.1, 0.15) is 18.4 Å². The van der Waals surface area contributed by atoms with Gasteiger partial charge in [0.25, 0.3) is 5.69 Å². The Kier molecular flexibility index (Phi) is 5.36. The van der Waals surface area contributed by atoms with E-state index in [1.807, 2.05) is 13.0 Å². The van der Waals surface area contributed by atoms with Gasteiger partial charge in [-0.1, -0.05) is 6.07 Å². The predicted octanol–water partition coefficient (Wildman–Crippen LogP) is 2.04. The molecule has 0 spiro atoms. The number of nitro benzene ring substituents is 1. The van der Waals surface area contributed by atoms with Crippen molar-refractivity contribution in [1.82, 2.24) is 10.2 Å². The minimum atomic E-state index is -0.609. The second-order valence-corrected chi connectivity index (χ2v) is 5.16. The number of nitrogens with one attached hydrogen (secondary N) is 1. The normalized spacial score (nSPS) is 16.7. The van der Waals surface area contributed by atoms with Crippen molar-refractivity contribution in [3.8, 4) is 11.8 Å². The molecule has 122 valence electrons. The number of likely N-dealkylation sites (tertiary alicyclic amines) is 1. The number of nitriles is 1. The lowest BCUT2D eigenvalue weighted by Gasteiger charge is -2.24. The minimum absolute atomic E-state index is 0.0972. The third-order valence-electron chi connectivity index (χ3n) is 3.71. The van der Waals surface area contributed by atoms with Crippen LogP contribution in [0.25, 0.3) is 0 Å². The standard InChI is InChI=1S/C15H18N4O4/c1-2-17-15(20)18-8-4-5-11(18)10-23-14-7-3-6-13(19(21)22)12(14)9-16/h3,6-7,11H,2,4-5,8,10H2,1H3,(H,17,20)/t11-/m1/s1. The number of hydrogen-bond donors (Lipinski definition) is 1. The highest BCUT2D eigenvalue weighted by Crippen LogP contribution is 2.28. The number of nitrogens with zero attached hydrogens (tertiary/aromatic N) is 3. The molecule has 1 aromatic carbocycles. The Bertz CT molecular complexity index is 641. The average Bonchev–Trinajstić information content (AvgIpc) is 3.01. The van der Waals surface area contributed by atoms with Crippen LogP contribution in [0.2, 0.25) is 0 Å². The highest BCUT2D eigenvalue weighted by Gasteiger charge is 2.29. The van der Waals surface area contributed by atoms with Crippen molar-refractivity contribution in [3.63, 3.8) is 0 Å². The molecule has 23 heavy (non-hydrogen) atoms. The molecule has 1 aromatic rings. The maximum atomic E-state index is 12.0. The second kappa shape index (κ2) is 7.45. The fourth-order valence-corrected chi connectivity index (χ4v) is 2.62. The van der Waals surface area contributed by atoms with E-state index < -0.39 is 4.92 Å². The molecule has 2 amide bonds. The van der Waals surface area contributed by atoms with Crippen molar-refractivity contribution in [2.75, 3.05) is 19.7 Å². The lowest BCUT2D eigenvalue weighted by atomic mass is 10.1. The lowest BCUT2D eigenvalue weighted by molar-refractivity contribution is -0.385. The largest absolute Gasteiger partial charge is 0.490 e. The maximum absolute atomic E-state index is 12.0. The molecule has 0 unspecified atom stereocenters. The molecule has 1 fully saturated rings. The summed E-state index contributed by atoms with van der Waals surface area (Å²) in [4.78, 5) is 24.0. The van der Waals surface area contributed by atoms with Crippen molar-refractivity contribution in [3.05, 3.63) is 33.9 Å². The zero-order valence-corrected chi connectivity index (χ0v) is 12.8. The van der Waals surface area contributed by atoms with E-state index in [1.54, 1.807) is 4.90 Å². The van der Waals surface area contributed by atoms with E-state index in [9.17, 15) is 14.9 Å². The Morgan fingerprint density at radius 2 is 2.39 bits per heavy atom. The first-order valence-electron chi connectivity index (χ1n) is 7.43. The highest BCUT2D eigenvalue weighted by atomic mass is 16.6. The quantitative estimate of drug-likeness (QED) is 0.660. The molecule has 1 aliphatic rings. The first-order valence-corrected chi connectivity index (χ1v) is 7.43. The van der Waals surface area contributed by atoms with Gasteiger partial charge >= 0.3 is 6.03 Å². The summed E-state index contributed by atoms with van der Waals surface area (Å²) in [6.07, 6.45) is 1.68. The molecule has 0 bridgehead atoms. The number of benzene rings is 1. The number of carbonyl (C=O) groups excluding carboxylic acids is 1. The molecular formula is C15H18N4O4. The van der Waals surface area contributed by atoms with Crippen molar-refractivity contribution in [1.29, 1.82) is 5.26 Å². The van der Waals surface area contributed by atoms with Gasteiger partial charge in [-0.15, -0.1) is 0 Å². The van der Waals surface area contributed by atoms with E-state index in [0.29, 0.717) is 13.1 Å². The third-order valence-corrected chi connectivity index (χ3v) is 3.71. The average molecular weight is 318 g/mol. The zero-order valence-electron chi connectivity index (χ0n) is 12.8. The van der Waals surface area contributed by atoms with Gasteiger partial charge in [-0.2, -0.15) is 5.26 Å². The van der Waals surface area contributed by atoms with Crippen molar-refractivity contribution >= 4 is 11.7 Å². The van der Waals surface area contributed by atoms with E-state index in [1.165, 1.54) is 18.2 Å². The Hall–Kier alpha value is -2.82. The van der Waals surface area contributed by atoms with Crippen LogP contribution in [0.4, 0.5) is 10.5 Å². The van der Waals surface area contributed by atoms with Crippen molar-refractivity contribution < 1.29 is 14.5 Å². The Morgan fingerprint density at radius 1 is 1.61 bits per heavy atom. The first kappa shape index (κ1) is 16.5. The Labute approximate surface area is 133 Å². The zero-order chi connectivity index (χ0) is 16.8. The summed E-state index contributed by atoms with van der Waals surface area (Å²) in [6.45, 7) is 3.25. The molecular weight excluding hydrogens is 300 g/mol. The molecule has 1 aliphatic heterocycles. The van der Waals surface area contributed by atoms with E-state index in [4.69, 9.17) is 10.00 Å². The monoisotopic (exact) mass is 318 g/mol. The summed E-state index contributed by atoms with van der Waals surface area (Å²) in [5.41, 5.74) is -0.378. The minimum Gasteiger partial charge on any atom is -0.490 e. The first-order chi connectivity index (χ1) is 11.1. The summed E-state index contributed by atoms with van der Waals surface area (Å²) in [5.74, 6) is 0.171. The maximum Gasteiger partial charge on any atom is 0.317 e. The van der Waals surface area contributed by atoms with Gasteiger partial charge in [-0.3, -0.25) is 10.1 Å². The molecule has 8 nitrogen and oxygen atoms in total. The van der Waals surface area contributed by atoms with Crippen LogP contribution in [0.1, 0.15) is 25.3 Å². The number of carbonyl (C=O) groups is 1. The summed E-state index contributed by atoms with van der Waals surface area (Å²) in [7, 11) is 0. The van der Waals surface area contributed by atoms with E-state index in [2.05, 4.69) is 5.32 Å². The number of amides is 2. The lowest BCUT2D eigenvalue weighted by Crippen LogP contribution is -2.44. The van der Waals surface area contributed by atoms with Gasteiger partial charge < -0.3 is 15.0 Å². The molecule has 0 saturated carbocycles. The summed E-state index contributed by atoms with van der Waals surface area (Å²) < 4.78 is 5.61. The Balaban J connectivity index is 2.09. The van der Waals surface area contributed by atoms with E-state index in [-0.39, 0.29) is 35.7 Å². The van der Waals surface area contributed by atoms with E-state index in [0.717, 1.165) is 12.8 Å². The van der Waals surface area contributed by atoms with Crippen LogP contribution in [0, 0.1) is 21.4 Å². The topological polar surface area (TPSA) is 108 Å². The van der Waals surface area contributed by atoms with Gasteiger partial charge in [0.2, 0.25) is 0 Å². The van der Waals surface area contributed by atoms with E-state index >= 15 is 0 Å². The Morgan fingerprint density at radius 3 is 3.04 bits per heavy atom. The summed E-state index contributed by atoms with van der Waals surface area (Å²) in [6, 6.07) is 5.84. The molecule has 1 heterocycles.